The summed E-state index contributed by atoms with van der Waals surface area (Å²) in [4.78, 5) is 11.6. The van der Waals surface area contributed by atoms with Gasteiger partial charge in [0, 0.05) is 6.54 Å². The molecule has 0 aromatic heterocycles. The lowest BCUT2D eigenvalue weighted by Gasteiger charge is -2.12. The Morgan fingerprint density at radius 3 is 2.85 bits per heavy atom. The molecule has 3 N–H and O–H groups in total. The van der Waals surface area contributed by atoms with Crippen LogP contribution in [0.1, 0.15) is 11.1 Å². The van der Waals surface area contributed by atoms with Crippen molar-refractivity contribution in [1.82, 2.24) is 16.2 Å². The highest BCUT2D eigenvalue weighted by atomic mass is 32.1. The number of carbonyl (C=O) groups excluding carboxylic acids is 1. The van der Waals surface area contributed by atoms with Gasteiger partial charge in [-0.25, -0.2) is 0 Å². The lowest BCUT2D eigenvalue weighted by atomic mass is 10.1. The van der Waals surface area contributed by atoms with E-state index in [-0.39, 0.29) is 12.5 Å². The van der Waals surface area contributed by atoms with Gasteiger partial charge in [0.15, 0.2) is 11.7 Å². The monoisotopic (exact) mass is 293 g/mol. The Balaban J connectivity index is 2.34. The van der Waals surface area contributed by atoms with Gasteiger partial charge in [-0.05, 0) is 43.3 Å². The average Bonchev–Trinajstić information content (AvgIpc) is 2.44. The summed E-state index contributed by atoms with van der Waals surface area (Å²) >= 11 is 4.93. The smallest absolute Gasteiger partial charge is 0.276 e. The number of rotatable bonds is 5. The summed E-state index contributed by atoms with van der Waals surface area (Å²) in [5.74, 6) is 0.390. The second kappa shape index (κ2) is 8.16. The van der Waals surface area contributed by atoms with Crippen molar-refractivity contribution in [2.45, 2.75) is 13.8 Å². The van der Waals surface area contributed by atoms with Gasteiger partial charge in [-0.2, -0.15) is 0 Å². The number of amides is 1. The van der Waals surface area contributed by atoms with Crippen LogP contribution in [-0.4, -0.2) is 24.2 Å². The highest BCUT2D eigenvalue weighted by Gasteiger charge is 2.06. The molecule has 5 nitrogen and oxygen atoms in total. The molecule has 1 rings (SSSR count). The van der Waals surface area contributed by atoms with E-state index in [9.17, 15) is 4.79 Å². The van der Waals surface area contributed by atoms with E-state index >= 15 is 0 Å². The first-order valence-corrected chi connectivity index (χ1v) is 6.58. The van der Waals surface area contributed by atoms with Crippen molar-refractivity contribution in [3.8, 4) is 5.75 Å². The molecule has 1 aromatic carbocycles. The molecule has 1 aromatic rings. The van der Waals surface area contributed by atoms with Gasteiger partial charge in [-0.3, -0.25) is 15.6 Å². The number of carbonyl (C=O) groups is 1. The summed E-state index contributed by atoms with van der Waals surface area (Å²) in [6, 6.07) is 5.72. The molecule has 0 aliphatic rings. The van der Waals surface area contributed by atoms with Crippen molar-refractivity contribution in [3.05, 3.63) is 42.0 Å². The molecule has 0 saturated carbocycles. The van der Waals surface area contributed by atoms with E-state index in [1.807, 2.05) is 32.0 Å². The van der Waals surface area contributed by atoms with Gasteiger partial charge in [-0.15, -0.1) is 6.58 Å². The zero-order valence-corrected chi connectivity index (χ0v) is 12.5. The fraction of sp³-hybridized carbons (Fsp3) is 0.286. The van der Waals surface area contributed by atoms with Crippen LogP contribution in [0.15, 0.2) is 30.9 Å². The van der Waals surface area contributed by atoms with E-state index in [1.54, 1.807) is 6.08 Å². The predicted octanol–water partition coefficient (Wildman–Crippen LogP) is 1.36. The molecule has 0 radical (unpaired) electrons. The number of hydrogen-bond donors (Lipinski definition) is 3. The minimum absolute atomic E-state index is 0.0820. The van der Waals surface area contributed by atoms with E-state index in [4.69, 9.17) is 17.0 Å². The molecule has 1 amide bonds. The van der Waals surface area contributed by atoms with E-state index in [0.29, 0.717) is 17.4 Å². The van der Waals surface area contributed by atoms with Gasteiger partial charge in [0.1, 0.15) is 5.75 Å². The van der Waals surface area contributed by atoms with Gasteiger partial charge in [0.05, 0.1) is 0 Å². The van der Waals surface area contributed by atoms with Crippen LogP contribution in [0.3, 0.4) is 0 Å². The minimum atomic E-state index is -0.311. The predicted molar refractivity (Wildman–Crippen MR) is 83.5 cm³/mol. The number of thiocarbonyl (C=S) groups is 1. The normalized spacial score (nSPS) is 9.50. The van der Waals surface area contributed by atoms with Gasteiger partial charge in [0.2, 0.25) is 0 Å². The molecule has 0 unspecified atom stereocenters. The molecule has 108 valence electrons. The lowest BCUT2D eigenvalue weighted by Crippen LogP contribution is -2.48. The average molecular weight is 293 g/mol. The zero-order valence-electron chi connectivity index (χ0n) is 11.7. The number of benzene rings is 1. The van der Waals surface area contributed by atoms with Crippen molar-refractivity contribution in [3.63, 3.8) is 0 Å². The fourth-order valence-electron chi connectivity index (χ4n) is 1.40. The summed E-state index contributed by atoms with van der Waals surface area (Å²) in [5, 5.41) is 3.15. The second-order valence-electron chi connectivity index (χ2n) is 4.16. The molecule has 0 bridgehead atoms. The SMILES string of the molecule is C=CCNC(=S)NNC(=O)COc1cccc(C)c1C. The number of hydrogen-bond acceptors (Lipinski definition) is 3. The summed E-state index contributed by atoms with van der Waals surface area (Å²) in [7, 11) is 0. The second-order valence-corrected chi connectivity index (χ2v) is 4.57. The fourth-order valence-corrected chi connectivity index (χ4v) is 1.53. The third kappa shape index (κ3) is 5.27. The molecule has 0 aliphatic carbocycles. The van der Waals surface area contributed by atoms with Crippen LogP contribution in [0.2, 0.25) is 0 Å². The van der Waals surface area contributed by atoms with Crippen LogP contribution in [-0.2, 0) is 4.79 Å². The molecule has 0 aliphatic heterocycles. The number of aryl methyl sites for hydroxylation is 1. The quantitative estimate of drug-likeness (QED) is 0.435. The summed E-state index contributed by atoms with van der Waals surface area (Å²) in [6.45, 7) is 7.94. The minimum Gasteiger partial charge on any atom is -0.483 e. The first-order chi connectivity index (χ1) is 9.54. The van der Waals surface area contributed by atoms with Crippen LogP contribution in [0.25, 0.3) is 0 Å². The molecule has 0 spiro atoms. The topological polar surface area (TPSA) is 62.4 Å². The Kier molecular flexibility index (Phi) is 6.52. The molecule has 0 atom stereocenters. The van der Waals surface area contributed by atoms with E-state index in [0.717, 1.165) is 11.1 Å². The maximum Gasteiger partial charge on any atom is 0.276 e. The maximum atomic E-state index is 11.6. The zero-order chi connectivity index (χ0) is 15.0. The molecule has 0 saturated heterocycles. The Hall–Kier alpha value is -2.08. The Morgan fingerprint density at radius 2 is 2.15 bits per heavy atom. The lowest BCUT2D eigenvalue weighted by molar-refractivity contribution is -0.123. The van der Waals surface area contributed by atoms with Crippen molar-refractivity contribution < 1.29 is 9.53 Å². The molecule has 0 heterocycles. The van der Waals surface area contributed by atoms with Gasteiger partial charge in [-0.1, -0.05) is 18.2 Å². The van der Waals surface area contributed by atoms with Crippen LogP contribution in [0.4, 0.5) is 0 Å². The summed E-state index contributed by atoms with van der Waals surface area (Å²) < 4.78 is 5.46. The van der Waals surface area contributed by atoms with E-state index < -0.39 is 0 Å². The van der Waals surface area contributed by atoms with Crippen LogP contribution >= 0.6 is 12.2 Å². The van der Waals surface area contributed by atoms with E-state index in [1.165, 1.54) is 0 Å². The highest BCUT2D eigenvalue weighted by Crippen LogP contribution is 2.20. The Labute approximate surface area is 124 Å². The van der Waals surface area contributed by atoms with Crippen molar-refractivity contribution in [2.24, 2.45) is 0 Å². The maximum absolute atomic E-state index is 11.6. The van der Waals surface area contributed by atoms with Crippen LogP contribution in [0.5, 0.6) is 5.75 Å². The van der Waals surface area contributed by atoms with Gasteiger partial charge < -0.3 is 10.1 Å². The molecular weight excluding hydrogens is 274 g/mol. The van der Waals surface area contributed by atoms with Crippen molar-refractivity contribution in [2.75, 3.05) is 13.2 Å². The first-order valence-electron chi connectivity index (χ1n) is 6.17. The molecule has 0 fully saturated rings. The molecule has 6 heteroatoms. The van der Waals surface area contributed by atoms with E-state index in [2.05, 4.69) is 22.7 Å². The summed E-state index contributed by atoms with van der Waals surface area (Å²) in [5.41, 5.74) is 7.16. The Morgan fingerprint density at radius 1 is 1.40 bits per heavy atom. The van der Waals surface area contributed by atoms with Crippen molar-refractivity contribution in [1.29, 1.82) is 0 Å². The summed E-state index contributed by atoms with van der Waals surface area (Å²) in [6.07, 6.45) is 1.67. The van der Waals surface area contributed by atoms with Gasteiger partial charge >= 0.3 is 0 Å². The van der Waals surface area contributed by atoms with Crippen molar-refractivity contribution >= 4 is 23.2 Å². The van der Waals surface area contributed by atoms with Crippen LogP contribution in [0, 0.1) is 13.8 Å². The number of hydrazine groups is 1. The standard InChI is InChI=1S/C14H19N3O2S/c1-4-8-15-14(20)17-16-13(18)9-19-12-7-5-6-10(2)11(12)3/h4-7H,1,8-9H2,2-3H3,(H,16,18)(H2,15,17,20). The van der Waals surface area contributed by atoms with Crippen LogP contribution < -0.4 is 20.9 Å². The number of ether oxygens (including phenoxy) is 1. The third-order valence-electron chi connectivity index (χ3n) is 2.64. The number of nitrogens with one attached hydrogen (secondary N) is 3. The van der Waals surface area contributed by atoms with Gasteiger partial charge in [0.25, 0.3) is 5.91 Å². The largest absolute Gasteiger partial charge is 0.483 e. The first kappa shape index (κ1) is 16.0. The molecular formula is C14H19N3O2S. The molecule has 20 heavy (non-hydrogen) atoms. The Bertz CT molecular complexity index is 503. The third-order valence-corrected chi connectivity index (χ3v) is 2.88. The highest BCUT2D eigenvalue weighted by molar-refractivity contribution is 7.80.